The first-order valence-corrected chi connectivity index (χ1v) is 8.88. The number of nitrogens with zero attached hydrogens (tertiary/aromatic N) is 1. The van der Waals surface area contributed by atoms with Gasteiger partial charge in [0.15, 0.2) is 5.96 Å². The maximum atomic E-state index is 13.2. The van der Waals surface area contributed by atoms with E-state index in [4.69, 9.17) is 4.42 Å². The molecule has 1 atom stereocenters. The van der Waals surface area contributed by atoms with Crippen molar-refractivity contribution in [1.82, 2.24) is 10.6 Å². The molecule has 0 aliphatic rings. The molecule has 0 fully saturated rings. The summed E-state index contributed by atoms with van der Waals surface area (Å²) in [6.45, 7) is 8.91. The maximum Gasteiger partial charge on any atom is 0.191 e. The number of aliphatic hydroxyl groups is 1. The molecule has 1 unspecified atom stereocenters. The molecule has 0 amide bonds. The van der Waals surface area contributed by atoms with Gasteiger partial charge in [-0.25, -0.2) is 9.38 Å². The number of hydrogen-bond donors (Lipinski definition) is 3. The van der Waals surface area contributed by atoms with Gasteiger partial charge >= 0.3 is 0 Å². The van der Waals surface area contributed by atoms with Crippen LogP contribution in [0, 0.1) is 19.7 Å². The highest BCUT2D eigenvalue weighted by Crippen LogP contribution is 2.27. The van der Waals surface area contributed by atoms with Crippen LogP contribution in [-0.4, -0.2) is 30.7 Å². The van der Waals surface area contributed by atoms with Gasteiger partial charge in [0.2, 0.25) is 0 Å². The van der Waals surface area contributed by atoms with Crippen LogP contribution >= 0.6 is 0 Å². The smallest absolute Gasteiger partial charge is 0.191 e. The van der Waals surface area contributed by atoms with Gasteiger partial charge in [0, 0.05) is 18.7 Å². The van der Waals surface area contributed by atoms with E-state index in [1.807, 2.05) is 32.9 Å². The Labute approximate surface area is 154 Å². The minimum Gasteiger partial charge on any atom is -0.466 e. The third-order valence-electron chi connectivity index (χ3n) is 4.11. The Morgan fingerprint density at radius 2 is 2.04 bits per heavy atom. The largest absolute Gasteiger partial charge is 0.466 e. The van der Waals surface area contributed by atoms with E-state index in [1.54, 1.807) is 13.0 Å². The highest BCUT2D eigenvalue weighted by Gasteiger charge is 2.27. The minimum absolute atomic E-state index is 0.197. The Morgan fingerprint density at radius 3 is 2.65 bits per heavy atom. The number of benzene rings is 1. The predicted molar refractivity (Wildman–Crippen MR) is 102 cm³/mol. The van der Waals surface area contributed by atoms with Crippen LogP contribution in [0.15, 0.2) is 39.7 Å². The van der Waals surface area contributed by atoms with Gasteiger partial charge in [0.05, 0.1) is 6.54 Å². The number of halogens is 1. The molecule has 0 spiro atoms. The van der Waals surface area contributed by atoms with Crippen LogP contribution in [0.3, 0.4) is 0 Å². The summed E-state index contributed by atoms with van der Waals surface area (Å²) in [5.41, 5.74) is 0.548. The van der Waals surface area contributed by atoms with Crippen molar-refractivity contribution in [1.29, 1.82) is 0 Å². The van der Waals surface area contributed by atoms with Gasteiger partial charge in [0.25, 0.3) is 0 Å². The number of nitrogens with one attached hydrogen (secondary N) is 2. The standard InChI is InChI=1S/C20H28FN3O2/c1-5-22-19(23-10-9-16-7-6-8-17(21)12-16)24-13-20(4,25)18-11-14(2)26-15(18)3/h6-8,11-12,25H,5,9-10,13H2,1-4H3,(H2,22,23,24). The number of aryl methyl sites for hydroxylation is 2. The quantitative estimate of drug-likeness (QED) is 0.524. The van der Waals surface area contributed by atoms with E-state index in [2.05, 4.69) is 15.6 Å². The van der Waals surface area contributed by atoms with E-state index in [0.29, 0.717) is 31.2 Å². The first-order chi connectivity index (χ1) is 12.3. The summed E-state index contributed by atoms with van der Waals surface area (Å²) in [5, 5.41) is 17.1. The molecular weight excluding hydrogens is 333 g/mol. The van der Waals surface area contributed by atoms with Gasteiger partial charge in [-0.1, -0.05) is 12.1 Å². The highest BCUT2D eigenvalue weighted by atomic mass is 19.1. The Morgan fingerprint density at radius 1 is 1.27 bits per heavy atom. The molecule has 1 aromatic carbocycles. The first-order valence-electron chi connectivity index (χ1n) is 8.88. The van der Waals surface area contributed by atoms with Gasteiger partial charge < -0.3 is 20.2 Å². The SMILES string of the molecule is CCNC(=NCC(C)(O)c1cc(C)oc1C)NCCc1cccc(F)c1. The topological polar surface area (TPSA) is 69.8 Å². The fourth-order valence-electron chi connectivity index (χ4n) is 2.84. The average molecular weight is 361 g/mol. The van der Waals surface area contributed by atoms with Crippen molar-refractivity contribution >= 4 is 5.96 Å². The third-order valence-corrected chi connectivity index (χ3v) is 4.11. The van der Waals surface area contributed by atoms with Crippen molar-refractivity contribution in [3.05, 3.63) is 58.8 Å². The van der Waals surface area contributed by atoms with Gasteiger partial charge in [0.1, 0.15) is 22.9 Å². The van der Waals surface area contributed by atoms with Crippen LogP contribution in [0.1, 0.15) is 36.5 Å². The number of guanidine groups is 1. The lowest BCUT2D eigenvalue weighted by Gasteiger charge is -2.21. The summed E-state index contributed by atoms with van der Waals surface area (Å²) in [6, 6.07) is 8.40. The summed E-state index contributed by atoms with van der Waals surface area (Å²) in [5.74, 6) is 1.85. The van der Waals surface area contributed by atoms with Crippen molar-refractivity contribution in [3.8, 4) is 0 Å². The zero-order valence-corrected chi connectivity index (χ0v) is 15.9. The number of hydrogen-bond acceptors (Lipinski definition) is 3. The average Bonchev–Trinajstić information content (AvgIpc) is 2.92. The molecule has 26 heavy (non-hydrogen) atoms. The van der Waals surface area contributed by atoms with Crippen molar-refractivity contribution in [2.75, 3.05) is 19.6 Å². The molecule has 1 aromatic heterocycles. The third kappa shape index (κ3) is 5.59. The molecule has 5 nitrogen and oxygen atoms in total. The molecule has 142 valence electrons. The number of aliphatic imine (C=N–C) groups is 1. The molecular formula is C20H28FN3O2. The second-order valence-electron chi connectivity index (χ2n) is 6.60. The Balaban J connectivity index is 1.98. The Hall–Kier alpha value is -2.34. The molecule has 3 N–H and O–H groups in total. The van der Waals surface area contributed by atoms with Crippen LogP contribution in [0.2, 0.25) is 0 Å². The molecule has 0 saturated carbocycles. The molecule has 0 aliphatic carbocycles. The minimum atomic E-state index is -1.12. The van der Waals surface area contributed by atoms with E-state index in [0.717, 1.165) is 16.9 Å². The van der Waals surface area contributed by atoms with Crippen molar-refractivity contribution in [2.45, 2.75) is 39.7 Å². The second-order valence-corrected chi connectivity index (χ2v) is 6.60. The predicted octanol–water partition coefficient (Wildman–Crippen LogP) is 3.04. The van der Waals surface area contributed by atoms with E-state index >= 15 is 0 Å². The summed E-state index contributed by atoms with van der Waals surface area (Å²) in [7, 11) is 0. The lowest BCUT2D eigenvalue weighted by Crippen LogP contribution is -2.39. The molecule has 0 bridgehead atoms. The van der Waals surface area contributed by atoms with E-state index < -0.39 is 5.60 Å². The number of furan rings is 1. The normalized spacial score (nSPS) is 14.2. The van der Waals surface area contributed by atoms with Gasteiger partial charge in [-0.05, 0) is 57.9 Å². The molecule has 2 rings (SSSR count). The van der Waals surface area contributed by atoms with Gasteiger partial charge in [-0.2, -0.15) is 0 Å². The summed E-state index contributed by atoms with van der Waals surface area (Å²) < 4.78 is 18.7. The lowest BCUT2D eigenvalue weighted by atomic mass is 9.96. The summed E-state index contributed by atoms with van der Waals surface area (Å²) >= 11 is 0. The fourth-order valence-corrected chi connectivity index (χ4v) is 2.84. The molecule has 0 aliphatic heterocycles. The van der Waals surface area contributed by atoms with Crippen LogP contribution < -0.4 is 10.6 Å². The van der Waals surface area contributed by atoms with E-state index in [1.165, 1.54) is 12.1 Å². The van der Waals surface area contributed by atoms with Crippen molar-refractivity contribution in [2.24, 2.45) is 4.99 Å². The molecule has 0 radical (unpaired) electrons. The molecule has 2 aromatic rings. The van der Waals surface area contributed by atoms with Crippen LogP contribution in [0.5, 0.6) is 0 Å². The monoisotopic (exact) mass is 361 g/mol. The Kier molecular flexibility index (Phi) is 6.80. The fraction of sp³-hybridized carbons (Fsp3) is 0.450. The first kappa shape index (κ1) is 20.0. The summed E-state index contributed by atoms with van der Waals surface area (Å²) in [4.78, 5) is 4.49. The molecule has 6 heteroatoms. The maximum absolute atomic E-state index is 13.2. The second kappa shape index (κ2) is 8.85. The van der Waals surface area contributed by atoms with Crippen LogP contribution in [0.4, 0.5) is 4.39 Å². The highest BCUT2D eigenvalue weighted by molar-refractivity contribution is 5.79. The van der Waals surface area contributed by atoms with Crippen LogP contribution in [0.25, 0.3) is 0 Å². The van der Waals surface area contributed by atoms with E-state index in [9.17, 15) is 9.50 Å². The lowest BCUT2D eigenvalue weighted by molar-refractivity contribution is 0.0657. The Bertz CT molecular complexity index is 753. The zero-order chi connectivity index (χ0) is 19.2. The molecule has 1 heterocycles. The molecule has 0 saturated heterocycles. The zero-order valence-electron chi connectivity index (χ0n) is 15.9. The summed E-state index contributed by atoms with van der Waals surface area (Å²) in [6.07, 6.45) is 0.679. The van der Waals surface area contributed by atoms with Crippen molar-refractivity contribution in [3.63, 3.8) is 0 Å². The van der Waals surface area contributed by atoms with Gasteiger partial charge in [-0.3, -0.25) is 0 Å². The number of rotatable bonds is 7. The van der Waals surface area contributed by atoms with E-state index in [-0.39, 0.29) is 12.4 Å². The van der Waals surface area contributed by atoms with Crippen LogP contribution in [-0.2, 0) is 12.0 Å². The van der Waals surface area contributed by atoms with Crippen molar-refractivity contribution < 1.29 is 13.9 Å². The van der Waals surface area contributed by atoms with Gasteiger partial charge in [-0.15, -0.1) is 0 Å².